The molecule has 4 nitrogen and oxygen atoms in total. The van der Waals surface area contributed by atoms with Crippen molar-refractivity contribution in [3.8, 4) is 5.69 Å². The molecule has 0 saturated heterocycles. The summed E-state index contributed by atoms with van der Waals surface area (Å²) in [6, 6.07) is 6.09. The fourth-order valence-corrected chi connectivity index (χ4v) is 2.77. The molecule has 2 aromatic rings. The molecule has 5 heteroatoms. The van der Waals surface area contributed by atoms with E-state index in [-0.39, 0.29) is 11.5 Å². The molecular formula is C15H15FN2O2. The number of carboxylic acid groups (broad SMARTS) is 1. The van der Waals surface area contributed by atoms with Gasteiger partial charge in [-0.25, -0.2) is 13.9 Å². The average Bonchev–Trinajstić information content (AvgIpc) is 2.61. The lowest BCUT2D eigenvalue weighted by Crippen LogP contribution is -2.04. The Kier molecular flexibility index (Phi) is 3.26. The average molecular weight is 274 g/mol. The fourth-order valence-electron chi connectivity index (χ4n) is 2.77. The van der Waals surface area contributed by atoms with Crippen molar-refractivity contribution in [3.63, 3.8) is 0 Å². The number of rotatable bonds is 2. The first kappa shape index (κ1) is 12.8. The molecule has 0 unspecified atom stereocenters. The van der Waals surface area contributed by atoms with E-state index in [0.29, 0.717) is 5.69 Å². The molecule has 1 N–H and O–H groups in total. The smallest absolute Gasteiger partial charge is 0.356 e. The summed E-state index contributed by atoms with van der Waals surface area (Å²) in [5.74, 6) is -1.37. The van der Waals surface area contributed by atoms with Crippen molar-refractivity contribution >= 4 is 5.97 Å². The van der Waals surface area contributed by atoms with Crippen molar-refractivity contribution in [1.29, 1.82) is 0 Å². The Labute approximate surface area is 115 Å². The maximum atomic E-state index is 13.4. The molecule has 0 spiro atoms. The van der Waals surface area contributed by atoms with E-state index in [1.54, 1.807) is 16.8 Å². The van der Waals surface area contributed by atoms with Crippen molar-refractivity contribution < 1.29 is 14.3 Å². The van der Waals surface area contributed by atoms with Crippen LogP contribution in [0.3, 0.4) is 0 Å². The van der Waals surface area contributed by atoms with Crippen LogP contribution in [0.2, 0.25) is 0 Å². The number of carboxylic acids is 1. The second-order valence-electron chi connectivity index (χ2n) is 5.03. The molecule has 0 saturated carbocycles. The van der Waals surface area contributed by atoms with Crippen molar-refractivity contribution in [2.24, 2.45) is 0 Å². The number of hydrogen-bond donors (Lipinski definition) is 1. The Morgan fingerprint density at radius 3 is 2.80 bits per heavy atom. The van der Waals surface area contributed by atoms with Crippen LogP contribution in [0, 0.1) is 5.82 Å². The van der Waals surface area contributed by atoms with E-state index >= 15 is 0 Å². The summed E-state index contributed by atoms with van der Waals surface area (Å²) < 4.78 is 15.0. The van der Waals surface area contributed by atoms with Crippen LogP contribution in [0.4, 0.5) is 4.39 Å². The predicted molar refractivity (Wildman–Crippen MR) is 71.7 cm³/mol. The molecule has 1 aromatic heterocycles. The van der Waals surface area contributed by atoms with Gasteiger partial charge in [-0.2, -0.15) is 5.10 Å². The third-order valence-corrected chi connectivity index (χ3v) is 3.69. The zero-order valence-electron chi connectivity index (χ0n) is 11.0. The van der Waals surface area contributed by atoms with E-state index in [1.165, 1.54) is 12.1 Å². The molecule has 0 radical (unpaired) electrons. The number of aromatic nitrogens is 2. The molecule has 0 bridgehead atoms. The molecule has 1 aliphatic rings. The summed E-state index contributed by atoms with van der Waals surface area (Å²) in [7, 11) is 0. The van der Waals surface area contributed by atoms with Crippen molar-refractivity contribution in [3.05, 3.63) is 47.0 Å². The van der Waals surface area contributed by atoms with Crippen LogP contribution < -0.4 is 0 Å². The van der Waals surface area contributed by atoms with E-state index in [4.69, 9.17) is 0 Å². The first-order valence-electron chi connectivity index (χ1n) is 6.77. The van der Waals surface area contributed by atoms with Crippen LogP contribution in [-0.4, -0.2) is 20.9 Å². The summed E-state index contributed by atoms with van der Waals surface area (Å²) in [6.45, 7) is 0. The Morgan fingerprint density at radius 1 is 1.25 bits per heavy atom. The van der Waals surface area contributed by atoms with Gasteiger partial charge in [0.25, 0.3) is 0 Å². The van der Waals surface area contributed by atoms with E-state index in [0.717, 1.165) is 43.4 Å². The lowest BCUT2D eigenvalue weighted by atomic mass is 10.1. The SMILES string of the molecule is O=C(O)c1nn(-c2cccc(F)c2)c2c1CCCCC2. The second kappa shape index (κ2) is 5.07. The molecule has 104 valence electrons. The topological polar surface area (TPSA) is 55.1 Å². The summed E-state index contributed by atoms with van der Waals surface area (Å²) >= 11 is 0. The van der Waals surface area contributed by atoms with Crippen molar-refractivity contribution in [1.82, 2.24) is 9.78 Å². The number of carbonyl (C=O) groups is 1. The van der Waals surface area contributed by atoms with E-state index < -0.39 is 5.97 Å². The van der Waals surface area contributed by atoms with Crippen LogP contribution in [0.15, 0.2) is 24.3 Å². The Balaban J connectivity index is 2.18. The third kappa shape index (κ3) is 2.19. The van der Waals surface area contributed by atoms with E-state index in [9.17, 15) is 14.3 Å². The lowest BCUT2D eigenvalue weighted by Gasteiger charge is -2.07. The van der Waals surface area contributed by atoms with Gasteiger partial charge < -0.3 is 5.11 Å². The predicted octanol–water partition coefficient (Wildman–Crippen LogP) is 2.98. The summed E-state index contributed by atoms with van der Waals surface area (Å²) in [5, 5.41) is 13.5. The van der Waals surface area contributed by atoms with Gasteiger partial charge in [0.15, 0.2) is 5.69 Å². The molecule has 1 aromatic carbocycles. The van der Waals surface area contributed by atoms with Gasteiger partial charge in [-0.3, -0.25) is 0 Å². The quantitative estimate of drug-likeness (QED) is 0.856. The maximum Gasteiger partial charge on any atom is 0.356 e. The Morgan fingerprint density at radius 2 is 2.05 bits per heavy atom. The zero-order chi connectivity index (χ0) is 14.1. The number of halogens is 1. The number of nitrogens with zero attached hydrogens (tertiary/aromatic N) is 2. The van der Waals surface area contributed by atoms with Crippen LogP contribution in [-0.2, 0) is 12.8 Å². The minimum absolute atomic E-state index is 0.103. The largest absolute Gasteiger partial charge is 0.476 e. The second-order valence-corrected chi connectivity index (χ2v) is 5.03. The monoisotopic (exact) mass is 274 g/mol. The van der Waals surface area contributed by atoms with Crippen LogP contribution in [0.1, 0.15) is 41.0 Å². The number of hydrogen-bond acceptors (Lipinski definition) is 2. The highest BCUT2D eigenvalue weighted by Crippen LogP contribution is 2.26. The molecule has 0 amide bonds. The molecule has 0 atom stereocenters. The summed E-state index contributed by atoms with van der Waals surface area (Å²) in [6.07, 6.45) is 4.57. The zero-order valence-corrected chi connectivity index (χ0v) is 11.0. The van der Waals surface area contributed by atoms with Gasteiger partial charge in [0.1, 0.15) is 5.82 Å². The highest BCUT2D eigenvalue weighted by molar-refractivity contribution is 5.87. The van der Waals surface area contributed by atoms with Gasteiger partial charge in [0.05, 0.1) is 5.69 Å². The number of aromatic carboxylic acids is 1. The third-order valence-electron chi connectivity index (χ3n) is 3.69. The van der Waals surface area contributed by atoms with Crippen LogP contribution in [0.25, 0.3) is 5.69 Å². The van der Waals surface area contributed by atoms with Gasteiger partial charge in [-0.05, 0) is 43.9 Å². The van der Waals surface area contributed by atoms with Crippen molar-refractivity contribution in [2.45, 2.75) is 32.1 Å². The molecule has 0 aliphatic heterocycles. The number of benzene rings is 1. The van der Waals surface area contributed by atoms with Crippen LogP contribution >= 0.6 is 0 Å². The first-order chi connectivity index (χ1) is 9.66. The van der Waals surface area contributed by atoms with Gasteiger partial charge in [0, 0.05) is 11.3 Å². The van der Waals surface area contributed by atoms with E-state index in [1.807, 2.05) is 0 Å². The number of fused-ring (bicyclic) bond motifs is 1. The fraction of sp³-hybridized carbons (Fsp3) is 0.333. The van der Waals surface area contributed by atoms with Crippen molar-refractivity contribution in [2.75, 3.05) is 0 Å². The normalized spacial score (nSPS) is 14.7. The molecule has 20 heavy (non-hydrogen) atoms. The summed E-state index contributed by atoms with van der Waals surface area (Å²) in [4.78, 5) is 11.3. The molecule has 1 aliphatic carbocycles. The maximum absolute atomic E-state index is 13.4. The molecule has 1 heterocycles. The minimum atomic E-state index is -1.02. The standard InChI is InChI=1S/C15H15FN2O2/c16-10-5-4-6-11(9-10)18-13-8-3-1-2-7-12(13)14(17-18)15(19)20/h4-6,9H,1-3,7-8H2,(H,19,20). The minimum Gasteiger partial charge on any atom is -0.476 e. The Bertz CT molecular complexity index is 664. The van der Waals surface area contributed by atoms with Gasteiger partial charge in [-0.1, -0.05) is 12.5 Å². The summed E-state index contributed by atoms with van der Waals surface area (Å²) in [5.41, 5.74) is 2.39. The Hall–Kier alpha value is -2.17. The highest BCUT2D eigenvalue weighted by atomic mass is 19.1. The van der Waals surface area contributed by atoms with Gasteiger partial charge in [-0.15, -0.1) is 0 Å². The lowest BCUT2D eigenvalue weighted by molar-refractivity contribution is 0.0688. The van der Waals surface area contributed by atoms with Gasteiger partial charge >= 0.3 is 5.97 Å². The van der Waals surface area contributed by atoms with Crippen LogP contribution in [0.5, 0.6) is 0 Å². The highest BCUT2D eigenvalue weighted by Gasteiger charge is 2.24. The molecule has 3 rings (SSSR count). The van der Waals surface area contributed by atoms with E-state index in [2.05, 4.69) is 5.10 Å². The molecular weight excluding hydrogens is 259 g/mol. The molecule has 0 fully saturated rings. The first-order valence-corrected chi connectivity index (χ1v) is 6.77. The van der Waals surface area contributed by atoms with Gasteiger partial charge in [0.2, 0.25) is 0 Å².